The van der Waals surface area contributed by atoms with Crippen LogP contribution in [0.2, 0.25) is 0 Å². The highest BCUT2D eigenvalue weighted by molar-refractivity contribution is 5.76. The molecule has 3 aliphatic heterocycles. The van der Waals surface area contributed by atoms with Gasteiger partial charge in [-0.15, -0.1) is 0 Å². The van der Waals surface area contributed by atoms with E-state index in [-0.39, 0.29) is 52.8 Å². The van der Waals surface area contributed by atoms with Crippen LogP contribution in [-0.2, 0) is 38.0 Å². The highest BCUT2D eigenvalue weighted by Gasteiger charge is 2.70. The third-order valence-corrected chi connectivity index (χ3v) is 19.0. The van der Waals surface area contributed by atoms with E-state index >= 15 is 0 Å². The summed E-state index contributed by atoms with van der Waals surface area (Å²) < 4.78 is 36.1. The van der Waals surface area contributed by atoms with E-state index in [1.807, 2.05) is 0 Å². The van der Waals surface area contributed by atoms with Gasteiger partial charge < -0.3 is 74.6 Å². The van der Waals surface area contributed by atoms with Crippen LogP contribution in [0.5, 0.6) is 0 Å². The van der Waals surface area contributed by atoms with Gasteiger partial charge in [-0.25, -0.2) is 0 Å². The number of carbonyl (C=O) groups is 2. The maximum Gasteiger partial charge on any atom is 0.310 e. The molecule has 7 fully saturated rings. The van der Waals surface area contributed by atoms with Crippen LogP contribution in [0.4, 0.5) is 0 Å². The Bertz CT molecular complexity index is 1810. The van der Waals surface area contributed by atoms with Crippen molar-refractivity contribution in [1.29, 1.82) is 0 Å². The van der Waals surface area contributed by atoms with Crippen molar-refractivity contribution in [2.75, 3.05) is 19.8 Å². The minimum absolute atomic E-state index is 0.0296. The average molecular weight is 924 g/mol. The predicted molar refractivity (Wildman–Crippen MR) is 230 cm³/mol. The highest BCUT2D eigenvalue weighted by atomic mass is 16.8. The molecule has 21 atom stereocenters. The van der Waals surface area contributed by atoms with Gasteiger partial charge in [-0.1, -0.05) is 60.1 Å². The quantitative estimate of drug-likeness (QED) is 0.119. The minimum Gasteiger partial charge on any atom is -0.481 e. The smallest absolute Gasteiger partial charge is 0.310 e. The first-order valence-corrected chi connectivity index (χ1v) is 24.1. The molecule has 0 bridgehead atoms. The lowest BCUT2D eigenvalue weighted by Crippen LogP contribution is -2.67. The van der Waals surface area contributed by atoms with Crippen LogP contribution in [0.3, 0.4) is 0 Å². The van der Waals surface area contributed by atoms with Gasteiger partial charge in [0.1, 0.15) is 61.0 Å². The van der Waals surface area contributed by atoms with Gasteiger partial charge in [0.2, 0.25) is 5.91 Å². The number of nitrogens with one attached hydrogen (secondary N) is 1. The fourth-order valence-electron chi connectivity index (χ4n) is 14.9. The molecule has 8 aliphatic rings. The largest absolute Gasteiger partial charge is 0.481 e. The van der Waals surface area contributed by atoms with Crippen molar-refractivity contribution in [1.82, 2.24) is 5.32 Å². The molecule has 0 unspecified atom stereocenters. The Morgan fingerprint density at radius 3 is 2.08 bits per heavy atom. The fraction of sp³-hybridized carbons (Fsp3) is 0.917. The molecule has 65 heavy (non-hydrogen) atoms. The average Bonchev–Trinajstić information content (AvgIpc) is 3.23. The summed E-state index contributed by atoms with van der Waals surface area (Å²) in [6.07, 6.45) is -7.06. The zero-order valence-electron chi connectivity index (χ0n) is 39.4. The van der Waals surface area contributed by atoms with Crippen LogP contribution in [0.25, 0.3) is 0 Å². The molecule has 17 nitrogen and oxygen atoms in total. The van der Waals surface area contributed by atoms with Crippen molar-refractivity contribution in [3.05, 3.63) is 11.6 Å². The number of amides is 1. The van der Waals surface area contributed by atoms with E-state index in [1.165, 1.54) is 12.5 Å². The van der Waals surface area contributed by atoms with E-state index in [0.717, 1.165) is 51.4 Å². The van der Waals surface area contributed by atoms with Gasteiger partial charge in [-0.05, 0) is 109 Å². The lowest BCUT2D eigenvalue weighted by atomic mass is 9.33. The van der Waals surface area contributed by atoms with Gasteiger partial charge in [-0.3, -0.25) is 9.59 Å². The first-order valence-electron chi connectivity index (χ1n) is 24.1. The first kappa shape index (κ1) is 49.6. The molecule has 5 aliphatic carbocycles. The molecule has 3 heterocycles. The molecular formula is C48H77NO16. The summed E-state index contributed by atoms with van der Waals surface area (Å²) in [6.45, 7) is 16.6. The first-order chi connectivity index (χ1) is 30.3. The molecule has 9 N–H and O–H groups in total. The summed E-state index contributed by atoms with van der Waals surface area (Å²) in [7, 11) is 0. The Hall–Kier alpha value is -1.84. The van der Waals surface area contributed by atoms with Crippen molar-refractivity contribution in [3.8, 4) is 0 Å². The summed E-state index contributed by atoms with van der Waals surface area (Å²) in [5, 5.41) is 88.4. The minimum atomic E-state index is -1.70. The van der Waals surface area contributed by atoms with Gasteiger partial charge in [0.15, 0.2) is 18.9 Å². The van der Waals surface area contributed by atoms with Crippen molar-refractivity contribution >= 4 is 11.9 Å². The standard InChI is InChI=1S/C48H77NO16/c1-23(50)49-32-36(56)35(55)28(22-62-41-38(34(54)27(52)21-61-41)65-40-37(57)33(53)26(51)20-60-40)63-39(32)64-31-12-13-45(6)29(44(31,4)5)11-14-47(8)30(45)10-9-24-25-19-43(2,3)15-17-48(25,42(58)59)18-16-46(24,47)7/h9,25-41,51-57H,10-22H2,1-8H3,(H,49,50)(H,58,59)/t25-,26-,27-,28+,29-,30+,31-,32+,33-,34-,35+,36+,37+,38+,39-,40-,41-,45-,46+,47+,48-/m0/s1. The van der Waals surface area contributed by atoms with E-state index in [1.54, 1.807) is 0 Å². The molecular weight excluding hydrogens is 847 g/mol. The molecule has 1 amide bonds. The highest BCUT2D eigenvalue weighted by Crippen LogP contribution is 2.76. The second kappa shape index (κ2) is 17.5. The molecule has 0 aromatic carbocycles. The normalized spacial score (nSPS) is 51.6. The number of hydrogen-bond acceptors (Lipinski definition) is 15. The Morgan fingerprint density at radius 2 is 1.40 bits per heavy atom. The van der Waals surface area contributed by atoms with Crippen LogP contribution in [0.1, 0.15) is 120 Å². The molecule has 0 spiro atoms. The third kappa shape index (κ3) is 8.15. The number of ether oxygens (including phenoxy) is 6. The van der Waals surface area contributed by atoms with Crippen LogP contribution >= 0.6 is 0 Å². The van der Waals surface area contributed by atoms with Crippen molar-refractivity contribution in [2.45, 2.75) is 206 Å². The number of carbonyl (C=O) groups excluding carboxylic acids is 1. The predicted octanol–water partition coefficient (Wildman–Crippen LogP) is 2.13. The summed E-state index contributed by atoms with van der Waals surface area (Å²) in [4.78, 5) is 25.7. The zero-order chi connectivity index (χ0) is 47.4. The lowest BCUT2D eigenvalue weighted by Gasteiger charge is -2.71. The van der Waals surface area contributed by atoms with Gasteiger partial charge in [0.05, 0.1) is 31.3 Å². The van der Waals surface area contributed by atoms with E-state index < -0.39 is 109 Å². The van der Waals surface area contributed by atoms with E-state index in [9.17, 15) is 50.4 Å². The van der Waals surface area contributed by atoms with Crippen LogP contribution in [0.15, 0.2) is 11.6 Å². The second-order valence-corrected chi connectivity index (χ2v) is 23.4. The van der Waals surface area contributed by atoms with E-state index in [2.05, 4.69) is 59.9 Å². The topological polar surface area (TPSA) is 263 Å². The van der Waals surface area contributed by atoms with Crippen LogP contribution in [-0.4, -0.2) is 159 Å². The SMILES string of the molecule is CC(=O)N[C@H]1[C@H](O[C@H]2CC[C@]3(C)[C@H]4CC=C5[C@@H]6CC(C)(C)CC[C@]6(C(=O)O)CC[C@@]5(C)[C@]4(C)CC[C@H]3C2(C)C)O[C@H](CO[C@@H]2OC[C@H](O)[C@H](O)[C@H]2O[C@@H]2OC[C@H](O)[C@H](O)[C@H]2O)[C@@H](O)[C@@H]1O. The maximum atomic E-state index is 13.1. The summed E-state index contributed by atoms with van der Waals surface area (Å²) >= 11 is 0. The zero-order valence-corrected chi connectivity index (χ0v) is 39.4. The molecule has 0 aromatic rings. The Labute approximate surface area is 382 Å². The number of carboxylic acids is 1. The number of aliphatic hydroxyl groups is 7. The number of hydrogen-bond donors (Lipinski definition) is 9. The van der Waals surface area contributed by atoms with Gasteiger partial charge >= 0.3 is 5.97 Å². The van der Waals surface area contributed by atoms with Crippen molar-refractivity contribution in [2.24, 2.45) is 50.2 Å². The molecule has 370 valence electrons. The maximum absolute atomic E-state index is 13.1. The number of carboxylic acid groups (broad SMARTS) is 1. The van der Waals surface area contributed by atoms with Crippen molar-refractivity contribution in [3.63, 3.8) is 0 Å². The third-order valence-electron chi connectivity index (χ3n) is 19.0. The molecule has 4 saturated carbocycles. The number of fused-ring (bicyclic) bond motifs is 7. The lowest BCUT2D eigenvalue weighted by molar-refractivity contribution is -0.352. The molecule has 8 rings (SSSR count). The fourth-order valence-corrected chi connectivity index (χ4v) is 14.9. The molecule has 0 aromatic heterocycles. The molecule has 3 saturated heterocycles. The second-order valence-electron chi connectivity index (χ2n) is 23.4. The number of rotatable bonds is 9. The Kier molecular flexibility index (Phi) is 13.4. The van der Waals surface area contributed by atoms with Crippen LogP contribution in [0, 0.1) is 50.2 Å². The Morgan fingerprint density at radius 1 is 0.738 bits per heavy atom. The van der Waals surface area contributed by atoms with Gasteiger partial charge in [0.25, 0.3) is 0 Å². The number of aliphatic hydroxyl groups excluding tert-OH is 7. The molecule has 17 heteroatoms. The summed E-state index contributed by atoms with van der Waals surface area (Å²) in [5.74, 6) is -0.478. The van der Waals surface area contributed by atoms with E-state index in [0.29, 0.717) is 18.8 Å². The van der Waals surface area contributed by atoms with Gasteiger partial charge in [0, 0.05) is 6.92 Å². The summed E-state index contributed by atoms with van der Waals surface area (Å²) in [6, 6.07) is -1.14. The summed E-state index contributed by atoms with van der Waals surface area (Å²) in [5.41, 5.74) is 0.127. The van der Waals surface area contributed by atoms with E-state index in [4.69, 9.17) is 28.4 Å². The Balaban J connectivity index is 0.994. The van der Waals surface area contributed by atoms with Crippen molar-refractivity contribution < 1.29 is 78.9 Å². The molecule has 0 radical (unpaired) electrons. The number of allylic oxidation sites excluding steroid dienone is 2. The monoisotopic (exact) mass is 924 g/mol. The number of aliphatic carboxylic acids is 1. The van der Waals surface area contributed by atoms with Gasteiger partial charge in [-0.2, -0.15) is 0 Å². The van der Waals surface area contributed by atoms with Crippen LogP contribution < -0.4 is 5.32 Å².